The molecule has 6 nitrogen and oxygen atoms in total. The maximum absolute atomic E-state index is 11.9. The molecule has 0 atom stereocenters. The molecular formula is C15H16N4O2S. The molecule has 0 bridgehead atoms. The maximum atomic E-state index is 11.9. The fourth-order valence-electron chi connectivity index (χ4n) is 3.10. The number of rotatable bonds is 1. The summed E-state index contributed by atoms with van der Waals surface area (Å²) in [7, 11) is -3.21. The summed E-state index contributed by atoms with van der Waals surface area (Å²) in [5.74, 6) is 0.788. The van der Waals surface area contributed by atoms with Crippen molar-refractivity contribution in [2.45, 2.75) is 19.5 Å². The van der Waals surface area contributed by atoms with E-state index in [4.69, 9.17) is 0 Å². The van der Waals surface area contributed by atoms with Crippen molar-refractivity contribution in [3.05, 3.63) is 36.3 Å². The molecule has 0 unspecified atom stereocenters. The van der Waals surface area contributed by atoms with Gasteiger partial charge in [0.15, 0.2) is 0 Å². The molecule has 0 amide bonds. The summed E-state index contributed by atoms with van der Waals surface area (Å²) in [6, 6.07) is 7.97. The number of aryl methyl sites for hydroxylation is 1. The number of benzene rings is 1. The highest BCUT2D eigenvalue weighted by Gasteiger charge is 2.24. The minimum absolute atomic E-state index is 0.321. The lowest BCUT2D eigenvalue weighted by molar-refractivity contribution is 0.411. The van der Waals surface area contributed by atoms with E-state index >= 15 is 0 Å². The zero-order valence-corrected chi connectivity index (χ0v) is 13.0. The number of para-hydroxylation sites is 1. The van der Waals surface area contributed by atoms with Gasteiger partial charge in [0, 0.05) is 18.5 Å². The van der Waals surface area contributed by atoms with Crippen LogP contribution in [0, 0.1) is 0 Å². The average molecular weight is 316 g/mol. The quantitative estimate of drug-likeness (QED) is 0.686. The average Bonchev–Trinajstić information content (AvgIpc) is 2.69. The molecule has 0 fully saturated rings. The van der Waals surface area contributed by atoms with Crippen LogP contribution < -0.4 is 0 Å². The zero-order chi connectivity index (χ0) is 15.3. The van der Waals surface area contributed by atoms with Gasteiger partial charge in [-0.3, -0.25) is 4.98 Å². The van der Waals surface area contributed by atoms with E-state index in [0.29, 0.717) is 13.1 Å². The van der Waals surface area contributed by atoms with E-state index < -0.39 is 10.0 Å². The summed E-state index contributed by atoms with van der Waals surface area (Å²) >= 11 is 0. The highest BCUT2D eigenvalue weighted by Crippen LogP contribution is 2.27. The van der Waals surface area contributed by atoms with Crippen LogP contribution in [0.4, 0.5) is 0 Å². The lowest BCUT2D eigenvalue weighted by atomic mass is 10.2. The number of hydrogen-bond donors (Lipinski definition) is 0. The molecule has 0 N–H and O–H groups in total. The van der Waals surface area contributed by atoms with Crippen LogP contribution in [-0.2, 0) is 23.1 Å². The molecule has 2 aromatic heterocycles. The molecule has 1 aromatic carbocycles. The van der Waals surface area contributed by atoms with Crippen molar-refractivity contribution in [3.8, 4) is 0 Å². The molecular weight excluding hydrogens is 300 g/mol. The topological polar surface area (TPSA) is 68.1 Å². The van der Waals surface area contributed by atoms with Crippen LogP contribution in [-0.4, -0.2) is 40.1 Å². The Balaban J connectivity index is 1.96. The van der Waals surface area contributed by atoms with E-state index in [1.807, 2.05) is 24.3 Å². The predicted octanol–water partition coefficient (Wildman–Crippen LogP) is 1.75. The number of pyridine rings is 1. The molecule has 0 spiro atoms. The molecule has 22 heavy (non-hydrogen) atoms. The largest absolute Gasteiger partial charge is 0.326 e. The maximum Gasteiger partial charge on any atom is 0.211 e. The third kappa shape index (κ3) is 2.08. The Labute approximate surface area is 128 Å². The smallest absolute Gasteiger partial charge is 0.211 e. The van der Waals surface area contributed by atoms with Crippen molar-refractivity contribution in [2.75, 3.05) is 12.8 Å². The number of aromatic nitrogens is 3. The van der Waals surface area contributed by atoms with Crippen LogP contribution >= 0.6 is 0 Å². The molecule has 1 aliphatic rings. The van der Waals surface area contributed by atoms with Crippen LogP contribution in [0.5, 0.6) is 0 Å². The van der Waals surface area contributed by atoms with Gasteiger partial charge in [-0.05, 0) is 12.5 Å². The highest BCUT2D eigenvalue weighted by atomic mass is 32.2. The molecule has 0 aliphatic carbocycles. The third-order valence-corrected chi connectivity index (χ3v) is 5.38. The van der Waals surface area contributed by atoms with Crippen LogP contribution in [0.3, 0.4) is 0 Å². The third-order valence-electron chi connectivity index (χ3n) is 4.13. The molecule has 7 heteroatoms. The predicted molar refractivity (Wildman–Crippen MR) is 84.9 cm³/mol. The van der Waals surface area contributed by atoms with Crippen molar-refractivity contribution in [1.29, 1.82) is 0 Å². The molecule has 0 radical (unpaired) electrons. The number of fused-ring (bicyclic) bond motifs is 5. The van der Waals surface area contributed by atoms with Gasteiger partial charge in [0.1, 0.15) is 11.3 Å². The first kappa shape index (κ1) is 13.7. The van der Waals surface area contributed by atoms with Crippen LogP contribution in [0.15, 0.2) is 30.5 Å². The second-order valence-electron chi connectivity index (χ2n) is 5.64. The minimum atomic E-state index is -3.21. The van der Waals surface area contributed by atoms with Crippen molar-refractivity contribution in [2.24, 2.45) is 0 Å². The Morgan fingerprint density at radius 2 is 1.95 bits per heavy atom. The van der Waals surface area contributed by atoms with Gasteiger partial charge >= 0.3 is 0 Å². The fourth-order valence-corrected chi connectivity index (χ4v) is 3.91. The molecule has 0 saturated heterocycles. The van der Waals surface area contributed by atoms with Crippen LogP contribution in [0.2, 0.25) is 0 Å². The fraction of sp³-hybridized carbons (Fsp3) is 0.333. The van der Waals surface area contributed by atoms with E-state index in [2.05, 4.69) is 14.5 Å². The molecule has 1 aliphatic heterocycles. The lowest BCUT2D eigenvalue weighted by Gasteiger charge is -2.15. The number of nitrogens with zero attached hydrogens (tertiary/aromatic N) is 4. The van der Waals surface area contributed by atoms with Gasteiger partial charge in [-0.25, -0.2) is 13.4 Å². The first-order chi connectivity index (χ1) is 10.5. The molecule has 3 heterocycles. The summed E-state index contributed by atoms with van der Waals surface area (Å²) in [6.07, 6.45) is 3.80. The van der Waals surface area contributed by atoms with Gasteiger partial charge < -0.3 is 4.57 Å². The molecule has 3 aromatic rings. The Bertz CT molecular complexity index is 978. The van der Waals surface area contributed by atoms with Gasteiger partial charge in [0.05, 0.1) is 30.0 Å². The summed E-state index contributed by atoms with van der Waals surface area (Å²) in [5, 5.41) is 1.06. The highest BCUT2D eigenvalue weighted by molar-refractivity contribution is 7.88. The Kier molecular flexibility index (Phi) is 2.95. The summed E-state index contributed by atoms with van der Waals surface area (Å²) in [6.45, 7) is 1.63. The van der Waals surface area contributed by atoms with E-state index in [1.54, 1.807) is 6.20 Å². The number of sulfonamides is 1. The van der Waals surface area contributed by atoms with Crippen molar-refractivity contribution in [3.63, 3.8) is 0 Å². The Morgan fingerprint density at radius 3 is 2.77 bits per heavy atom. The minimum Gasteiger partial charge on any atom is -0.326 e. The monoisotopic (exact) mass is 316 g/mol. The van der Waals surface area contributed by atoms with Gasteiger partial charge in [-0.2, -0.15) is 4.31 Å². The van der Waals surface area contributed by atoms with Gasteiger partial charge in [0.2, 0.25) is 10.0 Å². The summed E-state index contributed by atoms with van der Waals surface area (Å²) in [5.41, 5.74) is 2.81. The first-order valence-electron chi connectivity index (χ1n) is 7.22. The SMILES string of the molecule is CS(=O)(=O)N1CCCn2c(nc3cnc4ccccc4c32)C1. The van der Waals surface area contributed by atoms with Gasteiger partial charge in [-0.15, -0.1) is 0 Å². The van der Waals surface area contributed by atoms with E-state index in [0.717, 1.165) is 40.7 Å². The van der Waals surface area contributed by atoms with Gasteiger partial charge in [-0.1, -0.05) is 18.2 Å². The van der Waals surface area contributed by atoms with Crippen molar-refractivity contribution >= 4 is 32.0 Å². The van der Waals surface area contributed by atoms with Gasteiger partial charge in [0.25, 0.3) is 0 Å². The Morgan fingerprint density at radius 1 is 1.14 bits per heavy atom. The van der Waals surface area contributed by atoms with E-state index in [1.165, 1.54) is 10.6 Å². The van der Waals surface area contributed by atoms with E-state index in [-0.39, 0.29) is 0 Å². The molecule has 4 rings (SSSR count). The summed E-state index contributed by atoms with van der Waals surface area (Å²) < 4.78 is 27.3. The second-order valence-corrected chi connectivity index (χ2v) is 7.62. The second kappa shape index (κ2) is 4.76. The normalized spacial score (nSPS) is 16.8. The number of imidazole rings is 1. The molecule has 114 valence electrons. The van der Waals surface area contributed by atoms with E-state index in [9.17, 15) is 8.42 Å². The lowest BCUT2D eigenvalue weighted by Crippen LogP contribution is -2.29. The number of hydrogen-bond acceptors (Lipinski definition) is 4. The molecule has 0 saturated carbocycles. The standard InChI is InChI=1S/C15H16N4O2S/c1-22(20,21)18-7-4-8-19-14(10-18)17-13-9-16-12-6-3-2-5-11(12)15(13)19/h2-3,5-6,9H,4,7-8,10H2,1H3. The van der Waals surface area contributed by atoms with Crippen molar-refractivity contribution in [1.82, 2.24) is 18.8 Å². The van der Waals surface area contributed by atoms with Crippen LogP contribution in [0.25, 0.3) is 21.9 Å². The van der Waals surface area contributed by atoms with Crippen LogP contribution in [0.1, 0.15) is 12.2 Å². The Hall–Kier alpha value is -1.99. The van der Waals surface area contributed by atoms with Crippen molar-refractivity contribution < 1.29 is 8.42 Å². The summed E-state index contributed by atoms with van der Waals surface area (Å²) in [4.78, 5) is 9.06. The zero-order valence-electron chi connectivity index (χ0n) is 12.2. The first-order valence-corrected chi connectivity index (χ1v) is 9.07.